The lowest BCUT2D eigenvalue weighted by molar-refractivity contribution is 0.559. The van der Waals surface area contributed by atoms with Gasteiger partial charge in [0.25, 0.3) is 0 Å². The Morgan fingerprint density at radius 1 is 1.54 bits per heavy atom. The fourth-order valence-electron chi connectivity index (χ4n) is 1.40. The fraction of sp³-hybridized carbons (Fsp3) is 0.273. The third-order valence-corrected chi connectivity index (χ3v) is 2.26. The summed E-state index contributed by atoms with van der Waals surface area (Å²) in [5.41, 5.74) is 2.50. The third kappa shape index (κ3) is 1.66. The first-order valence-corrected chi connectivity index (χ1v) is 4.55. The molecule has 0 aliphatic carbocycles. The van der Waals surface area contributed by atoms with E-state index in [1.807, 2.05) is 6.07 Å². The van der Waals surface area contributed by atoms with E-state index in [-0.39, 0.29) is 6.04 Å². The molecule has 2 rings (SSSR count). The van der Waals surface area contributed by atoms with E-state index in [0.717, 1.165) is 6.42 Å². The highest BCUT2D eigenvalue weighted by Crippen LogP contribution is 2.19. The lowest BCUT2D eigenvalue weighted by Crippen LogP contribution is -2.15. The summed E-state index contributed by atoms with van der Waals surface area (Å²) in [5, 5.41) is 3.31. The van der Waals surface area contributed by atoms with Crippen molar-refractivity contribution in [1.82, 2.24) is 5.32 Å². The fourth-order valence-corrected chi connectivity index (χ4v) is 1.40. The molecule has 0 aromatic carbocycles. The normalized spacial score (nSPS) is 21.0. The number of hydrogen-bond acceptors (Lipinski definition) is 2. The Hall–Kier alpha value is -1.44. The van der Waals surface area contributed by atoms with Crippen LogP contribution in [0.15, 0.2) is 46.9 Å². The molecule has 0 spiro atoms. The number of rotatable bonds is 2. The zero-order valence-electron chi connectivity index (χ0n) is 7.66. The van der Waals surface area contributed by atoms with Gasteiger partial charge in [-0.15, -0.1) is 0 Å². The van der Waals surface area contributed by atoms with Crippen LogP contribution in [0.5, 0.6) is 0 Å². The molecule has 2 nitrogen and oxygen atoms in total. The smallest absolute Gasteiger partial charge is 0.0958 e. The minimum absolute atomic E-state index is 0.272. The van der Waals surface area contributed by atoms with Crippen LogP contribution in [0.3, 0.4) is 0 Å². The maximum Gasteiger partial charge on any atom is 0.0958 e. The van der Waals surface area contributed by atoms with Gasteiger partial charge in [0, 0.05) is 11.8 Å². The molecule has 0 bridgehead atoms. The van der Waals surface area contributed by atoms with Gasteiger partial charge < -0.3 is 9.73 Å². The second kappa shape index (κ2) is 3.52. The van der Waals surface area contributed by atoms with Gasteiger partial charge in [-0.2, -0.15) is 0 Å². The van der Waals surface area contributed by atoms with Gasteiger partial charge in [-0.3, -0.25) is 0 Å². The summed E-state index contributed by atoms with van der Waals surface area (Å²) in [6.07, 6.45) is 10.9. The lowest BCUT2D eigenvalue weighted by atomic mass is 10.1. The molecule has 13 heavy (non-hydrogen) atoms. The number of hydrogen-bond donors (Lipinski definition) is 1. The molecule has 68 valence electrons. The van der Waals surface area contributed by atoms with Crippen LogP contribution in [0.4, 0.5) is 0 Å². The maximum atomic E-state index is 5.03. The second-order valence-corrected chi connectivity index (χ2v) is 3.13. The summed E-state index contributed by atoms with van der Waals surface area (Å²) in [6.45, 7) is 2.15. The molecule has 1 aromatic heterocycles. The maximum absolute atomic E-state index is 5.03. The van der Waals surface area contributed by atoms with E-state index < -0.39 is 0 Å². The van der Waals surface area contributed by atoms with Gasteiger partial charge in [0.1, 0.15) is 0 Å². The molecule has 1 aliphatic rings. The summed E-state index contributed by atoms with van der Waals surface area (Å²) < 4.78 is 5.03. The summed E-state index contributed by atoms with van der Waals surface area (Å²) in [6, 6.07) is 2.25. The molecule has 1 aliphatic heterocycles. The van der Waals surface area contributed by atoms with Gasteiger partial charge in [-0.1, -0.05) is 19.1 Å². The first kappa shape index (κ1) is 8.17. The van der Waals surface area contributed by atoms with Gasteiger partial charge in [0.05, 0.1) is 18.6 Å². The van der Waals surface area contributed by atoms with E-state index in [1.165, 1.54) is 11.1 Å². The average Bonchev–Trinajstić information content (AvgIpc) is 2.71. The molecule has 0 amide bonds. The van der Waals surface area contributed by atoms with E-state index in [0.29, 0.717) is 0 Å². The van der Waals surface area contributed by atoms with E-state index >= 15 is 0 Å². The predicted molar refractivity (Wildman–Crippen MR) is 52.1 cm³/mol. The van der Waals surface area contributed by atoms with Crippen LogP contribution < -0.4 is 5.32 Å². The van der Waals surface area contributed by atoms with Crippen molar-refractivity contribution in [2.75, 3.05) is 0 Å². The Balaban J connectivity index is 2.09. The van der Waals surface area contributed by atoms with Gasteiger partial charge in [0.15, 0.2) is 0 Å². The highest BCUT2D eigenvalue weighted by atomic mass is 16.3. The Bertz CT molecular complexity index is 322. The molecule has 0 saturated heterocycles. The van der Waals surface area contributed by atoms with Crippen molar-refractivity contribution in [2.45, 2.75) is 19.4 Å². The molecular formula is C11H13NO. The van der Waals surface area contributed by atoms with Crippen molar-refractivity contribution in [3.8, 4) is 0 Å². The first-order valence-electron chi connectivity index (χ1n) is 4.55. The molecule has 1 unspecified atom stereocenters. The third-order valence-electron chi connectivity index (χ3n) is 2.26. The van der Waals surface area contributed by atoms with Crippen LogP contribution >= 0.6 is 0 Å². The molecule has 1 N–H and O–H groups in total. The van der Waals surface area contributed by atoms with E-state index in [2.05, 4.69) is 30.6 Å². The van der Waals surface area contributed by atoms with Gasteiger partial charge in [-0.05, 0) is 18.1 Å². The monoisotopic (exact) mass is 175 g/mol. The van der Waals surface area contributed by atoms with Gasteiger partial charge in [-0.25, -0.2) is 0 Å². The minimum Gasteiger partial charge on any atom is -0.472 e. The molecule has 1 atom stereocenters. The topological polar surface area (TPSA) is 25.2 Å². The number of dihydropyridines is 1. The van der Waals surface area contributed by atoms with Gasteiger partial charge >= 0.3 is 0 Å². The highest BCUT2D eigenvalue weighted by molar-refractivity contribution is 5.29. The van der Waals surface area contributed by atoms with Crippen LogP contribution in [-0.4, -0.2) is 0 Å². The van der Waals surface area contributed by atoms with Crippen molar-refractivity contribution >= 4 is 0 Å². The molecule has 2 heterocycles. The van der Waals surface area contributed by atoms with Crippen molar-refractivity contribution < 1.29 is 4.42 Å². The molecule has 0 saturated carbocycles. The average molecular weight is 175 g/mol. The van der Waals surface area contributed by atoms with Crippen LogP contribution in [0.25, 0.3) is 0 Å². The standard InChI is InChI=1S/C11H13NO/c1-2-9-3-4-11(12-7-9)10-5-6-13-8-10/h3-8,11-12H,2H2,1H3. The second-order valence-electron chi connectivity index (χ2n) is 3.13. The minimum atomic E-state index is 0.272. The van der Waals surface area contributed by atoms with E-state index in [4.69, 9.17) is 4.42 Å². The van der Waals surface area contributed by atoms with Crippen molar-refractivity contribution in [1.29, 1.82) is 0 Å². The molecular weight excluding hydrogens is 162 g/mol. The SMILES string of the molecule is CCC1=CNC(c2ccoc2)C=C1. The molecule has 1 aromatic rings. The van der Waals surface area contributed by atoms with Crippen molar-refractivity contribution in [3.05, 3.63) is 48.1 Å². The number of furan rings is 1. The number of allylic oxidation sites excluding steroid dienone is 2. The van der Waals surface area contributed by atoms with Crippen molar-refractivity contribution in [3.63, 3.8) is 0 Å². The van der Waals surface area contributed by atoms with Gasteiger partial charge in [0.2, 0.25) is 0 Å². The highest BCUT2D eigenvalue weighted by Gasteiger charge is 2.09. The number of nitrogens with one attached hydrogen (secondary N) is 1. The first-order chi connectivity index (χ1) is 6.40. The largest absolute Gasteiger partial charge is 0.472 e. The van der Waals surface area contributed by atoms with E-state index in [1.54, 1.807) is 12.5 Å². The Kier molecular flexibility index (Phi) is 2.21. The Labute approximate surface area is 77.9 Å². The van der Waals surface area contributed by atoms with Crippen LogP contribution in [0.1, 0.15) is 24.9 Å². The van der Waals surface area contributed by atoms with E-state index in [9.17, 15) is 0 Å². The zero-order chi connectivity index (χ0) is 9.10. The summed E-state index contributed by atoms with van der Waals surface area (Å²) in [4.78, 5) is 0. The summed E-state index contributed by atoms with van der Waals surface area (Å²) in [5.74, 6) is 0. The molecule has 0 radical (unpaired) electrons. The quantitative estimate of drug-likeness (QED) is 0.747. The summed E-state index contributed by atoms with van der Waals surface area (Å²) in [7, 11) is 0. The summed E-state index contributed by atoms with van der Waals surface area (Å²) >= 11 is 0. The zero-order valence-corrected chi connectivity index (χ0v) is 7.66. The lowest BCUT2D eigenvalue weighted by Gasteiger charge is -2.16. The van der Waals surface area contributed by atoms with Crippen LogP contribution in [0.2, 0.25) is 0 Å². The molecule has 2 heteroatoms. The van der Waals surface area contributed by atoms with Crippen LogP contribution in [-0.2, 0) is 0 Å². The Morgan fingerprint density at radius 3 is 3.00 bits per heavy atom. The van der Waals surface area contributed by atoms with Crippen LogP contribution in [0, 0.1) is 0 Å². The Morgan fingerprint density at radius 2 is 2.46 bits per heavy atom. The molecule has 0 fully saturated rings. The predicted octanol–water partition coefficient (Wildman–Crippen LogP) is 2.77. The van der Waals surface area contributed by atoms with Crippen molar-refractivity contribution in [2.24, 2.45) is 0 Å².